The number of hydrogen-bond acceptors (Lipinski definition) is 3. The summed E-state index contributed by atoms with van der Waals surface area (Å²) in [4.78, 5) is 16.9. The molecule has 2 rings (SSSR count). The fourth-order valence-electron chi connectivity index (χ4n) is 1.55. The summed E-state index contributed by atoms with van der Waals surface area (Å²) in [5.41, 5.74) is 6.36. The molecule has 1 aliphatic rings. The van der Waals surface area contributed by atoms with Crippen molar-refractivity contribution in [1.82, 2.24) is 0 Å². The number of amidine groups is 1. The number of nitrogens with zero attached hydrogens (tertiary/aromatic N) is 2. The topological polar surface area (TPSA) is 67.9 Å². The zero-order valence-electron chi connectivity index (χ0n) is 9.26. The van der Waals surface area contributed by atoms with Crippen LogP contribution in [0.2, 0.25) is 0 Å². The molecule has 2 amide bonds. The van der Waals surface area contributed by atoms with Crippen molar-refractivity contribution in [2.24, 2.45) is 10.7 Å². The maximum atomic E-state index is 11.7. The molecule has 90 valence electrons. The highest BCUT2D eigenvalue weighted by molar-refractivity contribution is 9.10. The molecule has 0 bridgehead atoms. The lowest BCUT2D eigenvalue weighted by molar-refractivity contribution is 0.253. The molecular weight excluding hydrogens is 286 g/mol. The van der Waals surface area contributed by atoms with Crippen LogP contribution in [0.15, 0.2) is 29.3 Å². The molecule has 1 aliphatic heterocycles. The van der Waals surface area contributed by atoms with E-state index in [1.165, 1.54) is 0 Å². The highest BCUT2D eigenvalue weighted by Crippen LogP contribution is 2.23. The van der Waals surface area contributed by atoms with Crippen LogP contribution in [0.1, 0.15) is 0 Å². The Balaban J connectivity index is 2.25. The van der Waals surface area contributed by atoms with Crippen molar-refractivity contribution in [3.05, 3.63) is 24.3 Å². The van der Waals surface area contributed by atoms with E-state index in [0.717, 1.165) is 11.4 Å². The standard InChI is InChI=1S/C11H12BrN3O2/c1-17-8-4-2-7(3-5-8)15-6-9(12)10(13)14-11(15)16/h2-5,9H,6H2,1H3,(H2,13,14,16). The number of carbonyl (C=O) groups excluding carboxylic acids is 1. The molecule has 0 saturated carbocycles. The van der Waals surface area contributed by atoms with Gasteiger partial charge in [0.15, 0.2) is 0 Å². The summed E-state index contributed by atoms with van der Waals surface area (Å²) < 4.78 is 5.06. The molecule has 17 heavy (non-hydrogen) atoms. The lowest BCUT2D eigenvalue weighted by Crippen LogP contribution is -2.45. The number of benzene rings is 1. The molecule has 1 atom stereocenters. The second kappa shape index (κ2) is 4.75. The monoisotopic (exact) mass is 297 g/mol. The van der Waals surface area contributed by atoms with Crippen LogP contribution in [0.5, 0.6) is 5.75 Å². The van der Waals surface area contributed by atoms with E-state index in [9.17, 15) is 4.79 Å². The Morgan fingerprint density at radius 2 is 2.12 bits per heavy atom. The van der Waals surface area contributed by atoms with Crippen LogP contribution in [0.4, 0.5) is 10.5 Å². The summed E-state index contributed by atoms with van der Waals surface area (Å²) in [7, 11) is 1.60. The first kappa shape index (κ1) is 11.9. The lowest BCUT2D eigenvalue weighted by Gasteiger charge is -2.27. The van der Waals surface area contributed by atoms with Gasteiger partial charge in [0.25, 0.3) is 0 Å². The summed E-state index contributed by atoms with van der Waals surface area (Å²) in [6.45, 7) is 0.473. The van der Waals surface area contributed by atoms with Crippen LogP contribution < -0.4 is 15.4 Å². The van der Waals surface area contributed by atoms with Crippen molar-refractivity contribution >= 4 is 33.5 Å². The predicted molar refractivity (Wildman–Crippen MR) is 70.1 cm³/mol. The number of urea groups is 1. The molecule has 0 fully saturated rings. The maximum Gasteiger partial charge on any atom is 0.349 e. The maximum absolute atomic E-state index is 11.7. The Bertz CT molecular complexity index is 458. The van der Waals surface area contributed by atoms with Gasteiger partial charge < -0.3 is 10.5 Å². The van der Waals surface area contributed by atoms with Gasteiger partial charge >= 0.3 is 6.03 Å². The first-order chi connectivity index (χ1) is 8.11. The van der Waals surface area contributed by atoms with Crippen LogP contribution in [0, 0.1) is 0 Å². The molecule has 1 unspecified atom stereocenters. The van der Waals surface area contributed by atoms with E-state index >= 15 is 0 Å². The van der Waals surface area contributed by atoms with E-state index in [0.29, 0.717) is 12.4 Å². The number of alkyl halides is 1. The molecule has 0 saturated heterocycles. The van der Waals surface area contributed by atoms with Gasteiger partial charge in [-0.2, -0.15) is 4.99 Å². The number of nitrogens with two attached hydrogens (primary N) is 1. The molecule has 2 N–H and O–H groups in total. The summed E-state index contributed by atoms with van der Waals surface area (Å²) in [5.74, 6) is 1.07. The number of ether oxygens (including phenoxy) is 1. The molecule has 5 nitrogen and oxygen atoms in total. The molecule has 0 radical (unpaired) electrons. The van der Waals surface area contributed by atoms with E-state index in [1.807, 2.05) is 12.1 Å². The summed E-state index contributed by atoms with van der Waals surface area (Å²) in [6.07, 6.45) is 0. The Labute approximate surface area is 107 Å². The first-order valence-corrected chi connectivity index (χ1v) is 5.97. The van der Waals surface area contributed by atoms with Crippen molar-refractivity contribution in [2.75, 3.05) is 18.6 Å². The first-order valence-electron chi connectivity index (χ1n) is 5.05. The second-order valence-corrected chi connectivity index (χ2v) is 4.70. The van der Waals surface area contributed by atoms with Gasteiger partial charge in [-0.3, -0.25) is 4.90 Å². The normalized spacial score (nSPS) is 20.1. The van der Waals surface area contributed by atoms with Crippen molar-refractivity contribution in [1.29, 1.82) is 0 Å². The number of hydrogen-bond donors (Lipinski definition) is 1. The second-order valence-electron chi connectivity index (χ2n) is 3.60. The van der Waals surface area contributed by atoms with Gasteiger partial charge in [-0.05, 0) is 24.3 Å². The lowest BCUT2D eigenvalue weighted by atomic mass is 10.2. The van der Waals surface area contributed by atoms with Crippen molar-refractivity contribution < 1.29 is 9.53 Å². The Morgan fingerprint density at radius 3 is 2.71 bits per heavy atom. The highest BCUT2D eigenvalue weighted by atomic mass is 79.9. The van der Waals surface area contributed by atoms with Gasteiger partial charge in [0.05, 0.1) is 11.9 Å². The minimum atomic E-state index is -0.344. The third kappa shape index (κ3) is 2.41. The SMILES string of the molecule is COc1ccc(N2CC(Br)C(N)=NC2=O)cc1. The number of amides is 2. The predicted octanol–water partition coefficient (Wildman–Crippen LogP) is 1.76. The Hall–Kier alpha value is -1.56. The van der Waals surface area contributed by atoms with E-state index in [1.54, 1.807) is 24.1 Å². The fourth-order valence-corrected chi connectivity index (χ4v) is 1.94. The summed E-state index contributed by atoms with van der Waals surface area (Å²) in [6, 6.07) is 6.88. The summed E-state index contributed by atoms with van der Waals surface area (Å²) in [5, 5.41) is 0. The largest absolute Gasteiger partial charge is 0.497 e. The van der Waals surface area contributed by atoms with Gasteiger partial charge in [-0.15, -0.1) is 0 Å². The third-order valence-electron chi connectivity index (χ3n) is 2.50. The van der Waals surface area contributed by atoms with E-state index < -0.39 is 0 Å². The average Bonchev–Trinajstić information content (AvgIpc) is 2.34. The fraction of sp³-hybridized carbons (Fsp3) is 0.273. The van der Waals surface area contributed by atoms with Gasteiger partial charge in [-0.1, -0.05) is 15.9 Å². The van der Waals surface area contributed by atoms with Crippen molar-refractivity contribution in [2.45, 2.75) is 4.83 Å². The molecule has 1 heterocycles. The van der Waals surface area contributed by atoms with Gasteiger partial charge in [0.1, 0.15) is 11.6 Å². The Morgan fingerprint density at radius 1 is 1.47 bits per heavy atom. The average molecular weight is 298 g/mol. The molecule has 1 aromatic carbocycles. The van der Waals surface area contributed by atoms with Crippen LogP contribution in [0.3, 0.4) is 0 Å². The van der Waals surface area contributed by atoms with Crippen LogP contribution in [0.25, 0.3) is 0 Å². The molecule has 1 aromatic rings. The molecule has 0 aliphatic carbocycles. The van der Waals surface area contributed by atoms with Gasteiger partial charge in [0.2, 0.25) is 0 Å². The van der Waals surface area contributed by atoms with Crippen molar-refractivity contribution in [3.8, 4) is 5.75 Å². The number of rotatable bonds is 2. The van der Waals surface area contributed by atoms with E-state index in [4.69, 9.17) is 10.5 Å². The minimum Gasteiger partial charge on any atom is -0.497 e. The molecule has 0 spiro atoms. The zero-order chi connectivity index (χ0) is 12.4. The van der Waals surface area contributed by atoms with Gasteiger partial charge in [0, 0.05) is 12.2 Å². The third-order valence-corrected chi connectivity index (χ3v) is 3.26. The number of aliphatic imine (C=N–C) groups is 1. The highest BCUT2D eigenvalue weighted by Gasteiger charge is 2.26. The Kier molecular flexibility index (Phi) is 3.33. The van der Waals surface area contributed by atoms with Crippen LogP contribution >= 0.6 is 15.9 Å². The van der Waals surface area contributed by atoms with Gasteiger partial charge in [-0.25, -0.2) is 4.79 Å². The smallest absolute Gasteiger partial charge is 0.349 e. The molecule has 6 heteroatoms. The number of carbonyl (C=O) groups is 1. The van der Waals surface area contributed by atoms with Crippen molar-refractivity contribution in [3.63, 3.8) is 0 Å². The number of methoxy groups -OCH3 is 1. The van der Waals surface area contributed by atoms with E-state index in [2.05, 4.69) is 20.9 Å². The molecule has 0 aromatic heterocycles. The zero-order valence-corrected chi connectivity index (χ0v) is 10.8. The van der Waals surface area contributed by atoms with Crippen LogP contribution in [-0.2, 0) is 0 Å². The number of anilines is 1. The number of halogens is 1. The molecular formula is C11H12BrN3O2. The summed E-state index contributed by atoms with van der Waals surface area (Å²) >= 11 is 3.37. The van der Waals surface area contributed by atoms with E-state index in [-0.39, 0.29) is 10.9 Å². The minimum absolute atomic E-state index is 0.109. The quantitative estimate of drug-likeness (QED) is 0.846. The van der Waals surface area contributed by atoms with Crippen LogP contribution in [-0.4, -0.2) is 30.3 Å².